The maximum Gasteiger partial charge on any atom is 0.124 e. The molecule has 0 aliphatic carbocycles. The number of hydrogen-bond donors (Lipinski definition) is 1. The van der Waals surface area contributed by atoms with Crippen LogP contribution in [0.5, 0.6) is 5.75 Å². The first-order chi connectivity index (χ1) is 7.26. The van der Waals surface area contributed by atoms with Crippen molar-refractivity contribution in [3.8, 4) is 5.75 Å². The van der Waals surface area contributed by atoms with Gasteiger partial charge in [-0.25, -0.2) is 0 Å². The lowest BCUT2D eigenvalue weighted by atomic mass is 9.95. The first-order valence-electron chi connectivity index (χ1n) is 5.70. The number of likely N-dealkylation sites (N-methyl/N-ethyl adjacent to an activating group) is 1. The second-order valence-electron chi connectivity index (χ2n) is 4.26. The first kappa shape index (κ1) is 10.5. The highest BCUT2D eigenvalue weighted by Crippen LogP contribution is 2.34. The summed E-state index contributed by atoms with van der Waals surface area (Å²) < 4.78 is 5.61. The largest absolute Gasteiger partial charge is 0.491 e. The molecule has 0 aromatic heterocycles. The van der Waals surface area contributed by atoms with Gasteiger partial charge in [0, 0.05) is 5.56 Å². The zero-order chi connectivity index (χ0) is 10.8. The third-order valence-electron chi connectivity index (χ3n) is 3.34. The number of hydrogen-bond acceptors (Lipinski definition) is 2. The molecule has 0 saturated heterocycles. The van der Waals surface area contributed by atoms with Gasteiger partial charge in [0.1, 0.15) is 12.4 Å². The van der Waals surface area contributed by atoms with Gasteiger partial charge in [-0.2, -0.15) is 0 Å². The van der Waals surface area contributed by atoms with E-state index in [1.165, 1.54) is 17.5 Å². The Morgan fingerprint density at radius 2 is 2.33 bits per heavy atom. The molecule has 2 atom stereocenters. The molecule has 1 heterocycles. The van der Waals surface area contributed by atoms with Gasteiger partial charge in [0.2, 0.25) is 0 Å². The zero-order valence-electron chi connectivity index (χ0n) is 9.71. The Labute approximate surface area is 91.6 Å². The normalized spacial score (nSPS) is 20.9. The van der Waals surface area contributed by atoms with Gasteiger partial charge in [-0.3, -0.25) is 0 Å². The molecule has 15 heavy (non-hydrogen) atoms. The van der Waals surface area contributed by atoms with Crippen molar-refractivity contribution in [3.05, 3.63) is 29.3 Å². The fraction of sp³-hybridized carbons (Fsp3) is 0.538. The van der Waals surface area contributed by atoms with Crippen LogP contribution in [0.1, 0.15) is 43.4 Å². The number of nitrogens with one attached hydrogen (secondary N) is 1. The molecule has 0 spiro atoms. The van der Waals surface area contributed by atoms with Crippen LogP contribution in [0.4, 0.5) is 0 Å². The van der Waals surface area contributed by atoms with E-state index in [4.69, 9.17) is 4.74 Å². The molecule has 0 radical (unpaired) electrons. The van der Waals surface area contributed by atoms with Crippen LogP contribution in [-0.4, -0.2) is 13.7 Å². The van der Waals surface area contributed by atoms with Gasteiger partial charge in [-0.05, 0) is 31.0 Å². The molecule has 0 bridgehead atoms. The van der Waals surface area contributed by atoms with E-state index in [2.05, 4.69) is 37.4 Å². The minimum atomic E-state index is 0.365. The third-order valence-corrected chi connectivity index (χ3v) is 3.34. The van der Waals surface area contributed by atoms with Gasteiger partial charge in [0.05, 0.1) is 6.04 Å². The molecule has 2 unspecified atom stereocenters. The minimum absolute atomic E-state index is 0.365. The topological polar surface area (TPSA) is 21.3 Å². The number of benzene rings is 1. The van der Waals surface area contributed by atoms with Crippen molar-refractivity contribution in [1.29, 1.82) is 0 Å². The number of fused-ring (bicyclic) bond motifs is 1. The molecule has 1 aliphatic rings. The van der Waals surface area contributed by atoms with Gasteiger partial charge in [0.15, 0.2) is 0 Å². The summed E-state index contributed by atoms with van der Waals surface area (Å²) in [5, 5.41) is 3.28. The van der Waals surface area contributed by atoms with Gasteiger partial charge in [-0.1, -0.05) is 26.0 Å². The minimum Gasteiger partial charge on any atom is -0.491 e. The quantitative estimate of drug-likeness (QED) is 0.819. The van der Waals surface area contributed by atoms with Crippen LogP contribution >= 0.6 is 0 Å². The summed E-state index contributed by atoms with van der Waals surface area (Å²) in [4.78, 5) is 0. The van der Waals surface area contributed by atoms with Crippen LogP contribution in [0.25, 0.3) is 0 Å². The lowest BCUT2D eigenvalue weighted by molar-refractivity contribution is 0.318. The second-order valence-corrected chi connectivity index (χ2v) is 4.26. The molecule has 2 heteroatoms. The fourth-order valence-electron chi connectivity index (χ4n) is 2.01. The Balaban J connectivity index is 2.32. The summed E-state index contributed by atoms with van der Waals surface area (Å²) in [6.07, 6.45) is 1.18. The van der Waals surface area contributed by atoms with E-state index in [0.717, 1.165) is 12.4 Å². The van der Waals surface area contributed by atoms with Gasteiger partial charge < -0.3 is 10.1 Å². The lowest BCUT2D eigenvalue weighted by Gasteiger charge is -2.12. The van der Waals surface area contributed by atoms with Gasteiger partial charge in [-0.15, -0.1) is 0 Å². The van der Waals surface area contributed by atoms with Crippen LogP contribution in [0.15, 0.2) is 18.2 Å². The number of rotatable bonds is 3. The maximum absolute atomic E-state index is 5.61. The summed E-state index contributed by atoms with van der Waals surface area (Å²) in [6.45, 7) is 5.26. The van der Waals surface area contributed by atoms with Crippen molar-refractivity contribution in [2.24, 2.45) is 0 Å². The van der Waals surface area contributed by atoms with E-state index in [-0.39, 0.29) is 0 Å². The van der Waals surface area contributed by atoms with E-state index < -0.39 is 0 Å². The van der Waals surface area contributed by atoms with E-state index in [1.807, 2.05) is 7.05 Å². The van der Waals surface area contributed by atoms with Crippen molar-refractivity contribution in [2.75, 3.05) is 13.7 Å². The van der Waals surface area contributed by atoms with E-state index in [9.17, 15) is 0 Å². The summed E-state index contributed by atoms with van der Waals surface area (Å²) in [5.41, 5.74) is 2.73. The predicted molar refractivity (Wildman–Crippen MR) is 62.4 cm³/mol. The van der Waals surface area contributed by atoms with Crippen molar-refractivity contribution in [3.63, 3.8) is 0 Å². The molecule has 2 rings (SSSR count). The van der Waals surface area contributed by atoms with E-state index >= 15 is 0 Å². The Hall–Kier alpha value is -1.02. The van der Waals surface area contributed by atoms with Crippen molar-refractivity contribution < 1.29 is 4.74 Å². The highest BCUT2D eigenvalue weighted by molar-refractivity contribution is 5.43. The Morgan fingerprint density at radius 1 is 1.53 bits per heavy atom. The molecule has 0 amide bonds. The highest BCUT2D eigenvalue weighted by Gasteiger charge is 2.23. The molecule has 82 valence electrons. The average molecular weight is 205 g/mol. The molecule has 1 N–H and O–H groups in total. The zero-order valence-corrected chi connectivity index (χ0v) is 9.71. The standard InChI is InChI=1S/C13H19NO/c1-4-9(2)10-5-6-13-11(7-10)12(14-3)8-15-13/h5-7,9,12,14H,4,8H2,1-3H3. The maximum atomic E-state index is 5.61. The van der Waals surface area contributed by atoms with Crippen LogP contribution < -0.4 is 10.1 Å². The molecule has 2 nitrogen and oxygen atoms in total. The Kier molecular flexibility index (Phi) is 2.96. The Morgan fingerprint density at radius 3 is 3.00 bits per heavy atom. The van der Waals surface area contributed by atoms with E-state index in [0.29, 0.717) is 12.0 Å². The van der Waals surface area contributed by atoms with Gasteiger partial charge in [0.25, 0.3) is 0 Å². The van der Waals surface area contributed by atoms with Crippen LogP contribution in [-0.2, 0) is 0 Å². The molecule has 1 aromatic rings. The SMILES string of the molecule is CCC(C)c1ccc2c(c1)C(NC)CO2. The highest BCUT2D eigenvalue weighted by atomic mass is 16.5. The number of ether oxygens (including phenoxy) is 1. The van der Waals surface area contributed by atoms with Crippen molar-refractivity contribution in [2.45, 2.75) is 32.2 Å². The van der Waals surface area contributed by atoms with Crippen LogP contribution in [0.2, 0.25) is 0 Å². The summed E-state index contributed by atoms with van der Waals surface area (Å²) >= 11 is 0. The summed E-state index contributed by atoms with van der Waals surface area (Å²) in [5.74, 6) is 1.68. The van der Waals surface area contributed by atoms with Crippen LogP contribution in [0.3, 0.4) is 0 Å². The van der Waals surface area contributed by atoms with Gasteiger partial charge >= 0.3 is 0 Å². The first-order valence-corrected chi connectivity index (χ1v) is 5.70. The fourth-order valence-corrected chi connectivity index (χ4v) is 2.01. The molecule has 1 aliphatic heterocycles. The lowest BCUT2D eigenvalue weighted by Crippen LogP contribution is -2.17. The average Bonchev–Trinajstić information content (AvgIpc) is 2.69. The molecular weight excluding hydrogens is 186 g/mol. The molecule has 0 fully saturated rings. The molecule has 0 saturated carbocycles. The van der Waals surface area contributed by atoms with E-state index in [1.54, 1.807) is 0 Å². The molecular formula is C13H19NO. The van der Waals surface area contributed by atoms with Crippen molar-refractivity contribution in [1.82, 2.24) is 5.32 Å². The molecule has 1 aromatic carbocycles. The Bertz CT molecular complexity index is 348. The smallest absolute Gasteiger partial charge is 0.124 e. The second kappa shape index (κ2) is 4.23. The summed E-state index contributed by atoms with van der Waals surface area (Å²) in [7, 11) is 1.99. The van der Waals surface area contributed by atoms with Crippen LogP contribution in [0, 0.1) is 0 Å². The third kappa shape index (κ3) is 1.86. The monoisotopic (exact) mass is 205 g/mol. The van der Waals surface area contributed by atoms with Crippen molar-refractivity contribution >= 4 is 0 Å². The summed E-state index contributed by atoms with van der Waals surface area (Å²) in [6, 6.07) is 6.95. The predicted octanol–water partition coefficient (Wildman–Crippen LogP) is 2.85.